The van der Waals surface area contributed by atoms with E-state index in [2.05, 4.69) is 49.8 Å². The summed E-state index contributed by atoms with van der Waals surface area (Å²) in [6.07, 6.45) is 5.68. The average molecular weight is 488 g/mol. The van der Waals surface area contributed by atoms with Crippen molar-refractivity contribution in [3.05, 3.63) is 41.2 Å². The fourth-order valence-corrected chi connectivity index (χ4v) is 4.04. The molecule has 1 aliphatic heterocycles. The molecule has 1 aliphatic rings. The van der Waals surface area contributed by atoms with Gasteiger partial charge in [0.25, 0.3) is 0 Å². The van der Waals surface area contributed by atoms with E-state index in [-0.39, 0.29) is 24.1 Å². The molecule has 1 aromatic carbocycles. The molecule has 2 heterocycles. The monoisotopic (exact) mass is 487 g/mol. The number of hydrogen-bond donors (Lipinski definition) is 2. The zero-order valence-electron chi connectivity index (χ0n) is 19.8. The summed E-state index contributed by atoms with van der Waals surface area (Å²) < 4.78 is 18.5. The van der Waals surface area contributed by atoms with Crippen LogP contribution in [0.4, 0.5) is 14.7 Å². The number of anilines is 2. The average Bonchev–Trinajstić information content (AvgIpc) is 3.47. The molecule has 2 aromatic rings. The highest BCUT2D eigenvalue weighted by molar-refractivity contribution is 7.19. The minimum atomic E-state index is -0.467. The summed E-state index contributed by atoms with van der Waals surface area (Å²) in [5.41, 5.74) is 1.90. The molecule has 1 unspecified atom stereocenters. The zero-order valence-corrected chi connectivity index (χ0v) is 20.7. The van der Waals surface area contributed by atoms with Gasteiger partial charge in [0, 0.05) is 25.3 Å². The van der Waals surface area contributed by atoms with Gasteiger partial charge in [-0.2, -0.15) is 5.10 Å². The molecular weight excluding hydrogens is 457 g/mol. The first-order valence-corrected chi connectivity index (χ1v) is 11.9. The van der Waals surface area contributed by atoms with Crippen LogP contribution in [-0.4, -0.2) is 59.3 Å². The number of allylic oxidation sites excluding steroid dienone is 2. The highest BCUT2D eigenvalue weighted by Crippen LogP contribution is 2.24. The van der Waals surface area contributed by atoms with Crippen LogP contribution >= 0.6 is 11.3 Å². The van der Waals surface area contributed by atoms with E-state index < -0.39 is 5.82 Å². The van der Waals surface area contributed by atoms with E-state index >= 15 is 0 Å². The van der Waals surface area contributed by atoms with Crippen molar-refractivity contribution in [3.63, 3.8) is 0 Å². The number of nitrogens with zero attached hydrogens (tertiary/aromatic N) is 5. The zero-order chi connectivity index (χ0) is 24.5. The minimum Gasteiger partial charge on any atom is -0.494 e. The summed E-state index contributed by atoms with van der Waals surface area (Å²) in [6.45, 7) is 7.77. The molecule has 1 saturated heterocycles. The van der Waals surface area contributed by atoms with Crippen molar-refractivity contribution in [2.45, 2.75) is 46.1 Å². The number of likely N-dealkylation sites (tertiary alicyclic amines) is 1. The van der Waals surface area contributed by atoms with Crippen molar-refractivity contribution in [2.75, 3.05) is 30.8 Å². The second-order valence-electron chi connectivity index (χ2n) is 7.96. The maximum atomic E-state index is 13.5. The molecule has 182 valence electrons. The summed E-state index contributed by atoms with van der Waals surface area (Å²) >= 11 is 1.27. The number of ether oxygens (including phenoxy) is 1. The molecule has 34 heavy (non-hydrogen) atoms. The van der Waals surface area contributed by atoms with E-state index in [9.17, 15) is 9.18 Å². The number of halogens is 1. The maximum Gasteiger partial charge on any atom is 0.230 e. The largest absolute Gasteiger partial charge is 0.494 e. The Morgan fingerprint density at radius 2 is 2.15 bits per heavy atom. The number of rotatable bonds is 9. The van der Waals surface area contributed by atoms with Crippen molar-refractivity contribution in [1.29, 1.82) is 0 Å². The highest BCUT2D eigenvalue weighted by Gasteiger charge is 2.24. The maximum absolute atomic E-state index is 13.5. The van der Waals surface area contributed by atoms with Gasteiger partial charge >= 0.3 is 0 Å². The standard InChI is InChI=1S/C23H30FN7O2S/c1-5-15(2)8-10-25-28-16(3)31-11-9-18(14-31)26-22-29-30-23(34-22)27-21(32)13-17-6-7-19(24)20(12-17)33-4/h6-8,10,12,18H,5,9,11,13-14H2,1-4H3,(H,26,29)(H,27,30,32)/b15-8+,25-10-,28-16+. The molecule has 0 aliphatic carbocycles. The quantitative estimate of drug-likeness (QED) is 0.313. The van der Waals surface area contributed by atoms with Gasteiger partial charge in [-0.15, -0.1) is 15.3 Å². The summed E-state index contributed by atoms with van der Waals surface area (Å²) in [4.78, 5) is 14.5. The molecule has 11 heteroatoms. The molecular formula is C23H30FN7O2S. The number of hydrogen-bond acceptors (Lipinski definition) is 8. The lowest BCUT2D eigenvalue weighted by Crippen LogP contribution is -2.29. The fourth-order valence-electron chi connectivity index (χ4n) is 3.30. The predicted molar refractivity (Wildman–Crippen MR) is 134 cm³/mol. The van der Waals surface area contributed by atoms with E-state index in [0.717, 1.165) is 31.8 Å². The Balaban J connectivity index is 1.48. The lowest BCUT2D eigenvalue weighted by Gasteiger charge is -2.17. The van der Waals surface area contributed by atoms with Gasteiger partial charge in [-0.05, 0) is 50.5 Å². The molecule has 2 N–H and O–H groups in total. The van der Waals surface area contributed by atoms with E-state index in [4.69, 9.17) is 4.74 Å². The Kier molecular flexibility index (Phi) is 9.08. The number of carbonyl (C=O) groups is 1. The van der Waals surface area contributed by atoms with Crippen LogP contribution < -0.4 is 15.4 Å². The van der Waals surface area contributed by atoms with Crippen LogP contribution in [0.5, 0.6) is 5.75 Å². The van der Waals surface area contributed by atoms with Crippen molar-refractivity contribution < 1.29 is 13.9 Å². The first-order chi connectivity index (χ1) is 16.4. The van der Waals surface area contributed by atoms with Gasteiger partial charge in [0.15, 0.2) is 11.6 Å². The number of nitrogens with one attached hydrogen (secondary N) is 2. The van der Waals surface area contributed by atoms with E-state index in [0.29, 0.717) is 15.8 Å². The Morgan fingerprint density at radius 1 is 1.35 bits per heavy atom. The van der Waals surface area contributed by atoms with Crippen LogP contribution in [0.15, 0.2) is 40.1 Å². The summed E-state index contributed by atoms with van der Waals surface area (Å²) in [7, 11) is 1.39. The van der Waals surface area contributed by atoms with Crippen LogP contribution in [0.25, 0.3) is 0 Å². The van der Waals surface area contributed by atoms with Crippen molar-refractivity contribution in [3.8, 4) is 5.75 Å². The van der Waals surface area contributed by atoms with E-state index in [1.807, 2.05) is 13.0 Å². The molecule has 9 nitrogen and oxygen atoms in total. The van der Waals surface area contributed by atoms with Gasteiger partial charge in [0.1, 0.15) is 5.84 Å². The number of amides is 1. The lowest BCUT2D eigenvalue weighted by atomic mass is 10.1. The number of carbonyl (C=O) groups excluding carboxylic acids is 1. The number of amidine groups is 1. The van der Waals surface area contributed by atoms with Gasteiger partial charge in [-0.3, -0.25) is 4.79 Å². The lowest BCUT2D eigenvalue weighted by molar-refractivity contribution is -0.115. The first-order valence-electron chi connectivity index (χ1n) is 11.1. The molecule has 1 atom stereocenters. The molecule has 1 aromatic heterocycles. The van der Waals surface area contributed by atoms with Gasteiger partial charge in [-0.1, -0.05) is 29.9 Å². The second-order valence-corrected chi connectivity index (χ2v) is 8.94. The Hall–Kier alpha value is -3.34. The summed E-state index contributed by atoms with van der Waals surface area (Å²) in [5.74, 6) is 0.240. The van der Waals surface area contributed by atoms with Crippen LogP contribution in [0, 0.1) is 5.82 Å². The van der Waals surface area contributed by atoms with Gasteiger partial charge in [0.2, 0.25) is 16.2 Å². The molecule has 0 radical (unpaired) electrons. The molecule has 3 rings (SSSR count). The van der Waals surface area contributed by atoms with Gasteiger partial charge in [0.05, 0.1) is 13.5 Å². The minimum absolute atomic E-state index is 0.0749. The third-order valence-corrected chi connectivity index (χ3v) is 6.18. The summed E-state index contributed by atoms with van der Waals surface area (Å²) in [5, 5.41) is 23.7. The molecule has 0 bridgehead atoms. The highest BCUT2D eigenvalue weighted by atomic mass is 32.1. The third kappa shape index (κ3) is 7.34. The number of methoxy groups -OCH3 is 1. The smallest absolute Gasteiger partial charge is 0.230 e. The van der Waals surface area contributed by atoms with E-state index in [1.165, 1.54) is 36.2 Å². The van der Waals surface area contributed by atoms with Gasteiger partial charge < -0.3 is 20.3 Å². The normalized spacial score (nSPS) is 16.9. The van der Waals surface area contributed by atoms with Crippen LogP contribution in [0.3, 0.4) is 0 Å². The summed E-state index contributed by atoms with van der Waals surface area (Å²) in [6, 6.07) is 4.53. The van der Waals surface area contributed by atoms with Gasteiger partial charge in [-0.25, -0.2) is 4.39 Å². The Labute approximate surface area is 202 Å². The third-order valence-electron chi connectivity index (χ3n) is 5.41. The molecule has 1 fully saturated rings. The fraction of sp³-hybridized carbons (Fsp3) is 0.435. The van der Waals surface area contributed by atoms with Crippen LogP contribution in [-0.2, 0) is 11.2 Å². The first kappa shape index (κ1) is 25.3. The number of benzene rings is 1. The Morgan fingerprint density at radius 3 is 2.91 bits per heavy atom. The number of aromatic nitrogens is 2. The molecule has 1 amide bonds. The van der Waals surface area contributed by atoms with Crippen molar-refractivity contribution in [1.82, 2.24) is 15.1 Å². The molecule has 0 saturated carbocycles. The molecule has 0 spiro atoms. The van der Waals surface area contributed by atoms with Crippen LogP contribution in [0.2, 0.25) is 0 Å². The predicted octanol–water partition coefficient (Wildman–Crippen LogP) is 4.11. The SMILES string of the molecule is CC/C(C)=C/C=N\N=C(/C)N1CCC(Nc2nnc(NC(=O)Cc3ccc(F)c(OC)c3)s2)C1. The topological polar surface area (TPSA) is 104 Å². The van der Waals surface area contributed by atoms with Crippen LogP contribution in [0.1, 0.15) is 39.2 Å². The van der Waals surface area contributed by atoms with Crippen molar-refractivity contribution >= 4 is 39.6 Å². The Bertz CT molecular complexity index is 1080. The van der Waals surface area contributed by atoms with Crippen molar-refractivity contribution in [2.24, 2.45) is 10.2 Å². The van der Waals surface area contributed by atoms with E-state index in [1.54, 1.807) is 12.3 Å². The second kappa shape index (κ2) is 12.2.